The van der Waals surface area contributed by atoms with Crippen LogP contribution in [0.4, 0.5) is 4.79 Å². The predicted molar refractivity (Wildman–Crippen MR) is 118 cm³/mol. The summed E-state index contributed by atoms with van der Waals surface area (Å²) < 4.78 is 5.36. The summed E-state index contributed by atoms with van der Waals surface area (Å²) >= 11 is 0. The normalized spacial score (nSPS) is 27.5. The molecule has 2 aliphatic carbocycles. The van der Waals surface area contributed by atoms with Crippen molar-refractivity contribution < 1.29 is 9.53 Å². The van der Waals surface area contributed by atoms with Gasteiger partial charge in [-0.15, -0.1) is 12.4 Å². The molecule has 3 rings (SSSR count). The predicted octanol–water partition coefficient (Wildman–Crippen LogP) is 5.33. The van der Waals surface area contributed by atoms with E-state index < -0.39 is 5.60 Å². The van der Waals surface area contributed by atoms with Crippen molar-refractivity contribution in [3.05, 3.63) is 41.5 Å². The van der Waals surface area contributed by atoms with E-state index in [-0.39, 0.29) is 24.5 Å². The first kappa shape index (κ1) is 22.8. The monoisotopic (exact) mass is 406 g/mol. The van der Waals surface area contributed by atoms with Crippen molar-refractivity contribution in [1.82, 2.24) is 10.6 Å². The number of halogens is 1. The minimum atomic E-state index is -0.436. The van der Waals surface area contributed by atoms with Gasteiger partial charge in [-0.2, -0.15) is 0 Å². The van der Waals surface area contributed by atoms with Gasteiger partial charge in [0, 0.05) is 18.1 Å². The zero-order valence-corrected chi connectivity index (χ0v) is 18.4. The summed E-state index contributed by atoms with van der Waals surface area (Å²) in [5, 5.41) is 6.86. The van der Waals surface area contributed by atoms with Gasteiger partial charge in [0.25, 0.3) is 0 Å². The van der Waals surface area contributed by atoms with Gasteiger partial charge in [0.05, 0.1) is 0 Å². The summed E-state index contributed by atoms with van der Waals surface area (Å²) in [4.78, 5) is 11.9. The molecule has 0 bridgehead atoms. The van der Waals surface area contributed by atoms with Crippen LogP contribution in [-0.4, -0.2) is 29.8 Å². The van der Waals surface area contributed by atoms with Crippen molar-refractivity contribution >= 4 is 24.6 Å². The SMILES string of the molecule is C/C(=C\c1ccccc1)[C@@H]1C[C@H]1NC1CCC(NC(=O)OC(C)(C)C)CC1.Cl. The number of carbonyl (C=O) groups is 1. The number of hydrogen-bond donors (Lipinski definition) is 2. The smallest absolute Gasteiger partial charge is 0.407 e. The summed E-state index contributed by atoms with van der Waals surface area (Å²) in [7, 11) is 0. The molecule has 1 aromatic rings. The third-order valence-corrected chi connectivity index (χ3v) is 5.47. The molecule has 28 heavy (non-hydrogen) atoms. The topological polar surface area (TPSA) is 50.4 Å². The quantitative estimate of drug-likeness (QED) is 0.695. The second kappa shape index (κ2) is 9.80. The van der Waals surface area contributed by atoms with Crippen LogP contribution < -0.4 is 10.6 Å². The van der Waals surface area contributed by atoms with Gasteiger partial charge in [0.15, 0.2) is 0 Å². The zero-order valence-electron chi connectivity index (χ0n) is 17.5. The molecular formula is C23H35ClN2O2. The van der Waals surface area contributed by atoms with Gasteiger partial charge in [0.1, 0.15) is 5.60 Å². The largest absolute Gasteiger partial charge is 0.444 e. The summed E-state index contributed by atoms with van der Waals surface area (Å²) in [5.74, 6) is 0.669. The van der Waals surface area contributed by atoms with Crippen molar-refractivity contribution in [2.45, 2.75) is 83.5 Å². The number of hydrogen-bond acceptors (Lipinski definition) is 3. The van der Waals surface area contributed by atoms with E-state index in [1.54, 1.807) is 0 Å². The van der Waals surface area contributed by atoms with E-state index in [2.05, 4.69) is 54.0 Å². The summed E-state index contributed by atoms with van der Waals surface area (Å²) in [6.07, 6.45) is 7.54. The van der Waals surface area contributed by atoms with Crippen molar-refractivity contribution in [3.8, 4) is 0 Å². The molecule has 0 radical (unpaired) electrons. The lowest BCUT2D eigenvalue weighted by Crippen LogP contribution is -2.44. The van der Waals surface area contributed by atoms with Crippen LogP contribution in [0.5, 0.6) is 0 Å². The Labute approximate surface area is 175 Å². The maximum Gasteiger partial charge on any atom is 0.407 e. The third kappa shape index (κ3) is 7.14. The molecular weight excluding hydrogens is 372 g/mol. The highest BCUT2D eigenvalue weighted by Crippen LogP contribution is 2.39. The molecule has 0 heterocycles. The first-order valence-corrected chi connectivity index (χ1v) is 10.3. The molecule has 5 heteroatoms. The van der Waals surface area contributed by atoms with E-state index in [0.717, 1.165) is 25.7 Å². The molecule has 1 aromatic carbocycles. The van der Waals surface area contributed by atoms with Crippen molar-refractivity contribution in [2.24, 2.45) is 5.92 Å². The second-order valence-corrected chi connectivity index (χ2v) is 9.11. The highest BCUT2D eigenvalue weighted by Gasteiger charge is 2.39. The Kier molecular flexibility index (Phi) is 7.97. The number of nitrogens with one attached hydrogen (secondary N) is 2. The van der Waals surface area contributed by atoms with Crippen LogP contribution >= 0.6 is 12.4 Å². The van der Waals surface area contributed by atoms with Crippen LogP contribution in [0.3, 0.4) is 0 Å². The molecule has 2 atom stereocenters. The third-order valence-electron chi connectivity index (χ3n) is 5.47. The lowest BCUT2D eigenvalue weighted by molar-refractivity contribution is 0.0489. The lowest BCUT2D eigenvalue weighted by atomic mass is 9.91. The Morgan fingerprint density at radius 2 is 1.68 bits per heavy atom. The van der Waals surface area contributed by atoms with Gasteiger partial charge in [-0.25, -0.2) is 4.79 Å². The average molecular weight is 407 g/mol. The molecule has 0 aromatic heterocycles. The summed E-state index contributed by atoms with van der Waals surface area (Å²) in [6, 6.07) is 12.0. The van der Waals surface area contributed by atoms with E-state index >= 15 is 0 Å². The number of amides is 1. The molecule has 0 spiro atoms. The zero-order chi connectivity index (χ0) is 19.4. The van der Waals surface area contributed by atoms with Crippen molar-refractivity contribution in [2.75, 3.05) is 0 Å². The minimum absolute atomic E-state index is 0. The fraction of sp³-hybridized carbons (Fsp3) is 0.609. The molecule has 1 amide bonds. The average Bonchev–Trinajstić information content (AvgIpc) is 3.35. The minimum Gasteiger partial charge on any atom is -0.444 e. The van der Waals surface area contributed by atoms with E-state index in [1.165, 1.54) is 17.6 Å². The van der Waals surface area contributed by atoms with E-state index in [4.69, 9.17) is 4.74 Å². The van der Waals surface area contributed by atoms with Crippen LogP contribution in [-0.2, 0) is 4.74 Å². The van der Waals surface area contributed by atoms with Crippen LogP contribution in [0.25, 0.3) is 6.08 Å². The number of alkyl carbamates (subject to hydrolysis) is 1. The van der Waals surface area contributed by atoms with Gasteiger partial charge in [-0.05, 0) is 71.3 Å². The number of benzene rings is 1. The van der Waals surface area contributed by atoms with E-state index in [0.29, 0.717) is 18.0 Å². The van der Waals surface area contributed by atoms with E-state index in [1.807, 2.05) is 20.8 Å². The molecule has 2 aliphatic rings. The van der Waals surface area contributed by atoms with Gasteiger partial charge < -0.3 is 15.4 Å². The molecule has 2 fully saturated rings. The standard InChI is InChI=1S/C23H34N2O2.ClH/c1-16(14-17-8-6-5-7-9-17)20-15-21(20)24-18-10-12-19(13-11-18)25-22(26)27-23(2,3)4;/h5-9,14,18-21,24H,10-13,15H2,1-4H3,(H,25,26);1H/b16-14+;/t18?,19?,20-,21+;/m0./s1. The maximum absolute atomic E-state index is 11.9. The van der Waals surface area contributed by atoms with Crippen LogP contribution in [0, 0.1) is 5.92 Å². The molecule has 156 valence electrons. The lowest BCUT2D eigenvalue weighted by Gasteiger charge is -2.30. The number of carbonyl (C=O) groups excluding carboxylic acids is 1. The first-order chi connectivity index (χ1) is 12.8. The molecule has 2 saturated carbocycles. The molecule has 2 N–H and O–H groups in total. The number of rotatable bonds is 5. The van der Waals surface area contributed by atoms with Crippen molar-refractivity contribution in [1.29, 1.82) is 0 Å². The van der Waals surface area contributed by atoms with E-state index in [9.17, 15) is 4.79 Å². The highest BCUT2D eigenvalue weighted by atomic mass is 35.5. The molecule has 4 nitrogen and oxygen atoms in total. The van der Waals surface area contributed by atoms with Crippen molar-refractivity contribution in [3.63, 3.8) is 0 Å². The fourth-order valence-electron chi connectivity index (χ4n) is 3.98. The Hall–Kier alpha value is -1.52. The summed E-state index contributed by atoms with van der Waals surface area (Å²) in [5.41, 5.74) is 2.32. The Morgan fingerprint density at radius 3 is 2.29 bits per heavy atom. The maximum atomic E-state index is 11.9. The number of ether oxygens (including phenoxy) is 1. The van der Waals surface area contributed by atoms with Crippen LogP contribution in [0.1, 0.15) is 65.4 Å². The van der Waals surface area contributed by atoms with Crippen LogP contribution in [0.2, 0.25) is 0 Å². The fourth-order valence-corrected chi connectivity index (χ4v) is 3.98. The summed E-state index contributed by atoms with van der Waals surface area (Å²) in [6.45, 7) is 7.94. The first-order valence-electron chi connectivity index (χ1n) is 10.3. The highest BCUT2D eigenvalue weighted by molar-refractivity contribution is 5.85. The van der Waals surface area contributed by atoms with Crippen LogP contribution in [0.15, 0.2) is 35.9 Å². The molecule has 0 aliphatic heterocycles. The van der Waals surface area contributed by atoms with Gasteiger partial charge in [-0.1, -0.05) is 42.0 Å². The Balaban J connectivity index is 0.00000280. The Morgan fingerprint density at radius 1 is 1.07 bits per heavy atom. The second-order valence-electron chi connectivity index (χ2n) is 9.11. The van der Waals surface area contributed by atoms with Gasteiger partial charge in [-0.3, -0.25) is 0 Å². The Bertz CT molecular complexity index is 661. The van der Waals surface area contributed by atoms with Gasteiger partial charge >= 0.3 is 6.09 Å². The molecule has 0 saturated heterocycles. The molecule has 0 unspecified atom stereocenters. The van der Waals surface area contributed by atoms with Gasteiger partial charge in [0.2, 0.25) is 0 Å².